The Labute approximate surface area is 118 Å². The van der Waals surface area contributed by atoms with Crippen LogP contribution in [0.4, 0.5) is 24.8 Å². The maximum atomic E-state index is 12.8. The Hall–Kier alpha value is -1.83. The summed E-state index contributed by atoms with van der Waals surface area (Å²) < 4.78 is 38.4. The van der Waals surface area contributed by atoms with Crippen LogP contribution in [0.5, 0.6) is 0 Å². The standard InChI is InChI=1S/C12H13F3N4S/c1-2-16-10-3-8(12(13,14)15)4-11(19-10)17-5-9-6-20-7-18-9/h3-4,6-7H,2,5H2,1H3,(H2,16,17,19). The zero-order valence-corrected chi connectivity index (χ0v) is 11.5. The van der Waals surface area contributed by atoms with Gasteiger partial charge in [0.15, 0.2) is 0 Å². The Morgan fingerprint density at radius 2 is 1.90 bits per heavy atom. The molecule has 0 amide bonds. The second-order valence-electron chi connectivity index (χ2n) is 3.99. The van der Waals surface area contributed by atoms with Gasteiger partial charge in [0, 0.05) is 11.9 Å². The van der Waals surface area contributed by atoms with Crippen molar-refractivity contribution >= 4 is 23.0 Å². The van der Waals surface area contributed by atoms with Gasteiger partial charge < -0.3 is 10.6 Å². The lowest BCUT2D eigenvalue weighted by Crippen LogP contribution is -2.11. The first-order valence-corrected chi connectivity index (χ1v) is 6.87. The Bertz CT molecular complexity index is 554. The van der Waals surface area contributed by atoms with E-state index in [1.807, 2.05) is 5.38 Å². The van der Waals surface area contributed by atoms with Crippen LogP contribution >= 0.6 is 11.3 Å². The monoisotopic (exact) mass is 302 g/mol. The van der Waals surface area contributed by atoms with E-state index in [1.54, 1.807) is 12.4 Å². The summed E-state index contributed by atoms with van der Waals surface area (Å²) >= 11 is 1.43. The van der Waals surface area contributed by atoms with Gasteiger partial charge in [-0.1, -0.05) is 0 Å². The van der Waals surface area contributed by atoms with Crippen LogP contribution in [0.3, 0.4) is 0 Å². The smallest absolute Gasteiger partial charge is 0.370 e. The molecule has 0 aliphatic heterocycles. The zero-order chi connectivity index (χ0) is 14.6. The highest BCUT2D eigenvalue weighted by Gasteiger charge is 2.31. The molecule has 4 nitrogen and oxygen atoms in total. The predicted molar refractivity (Wildman–Crippen MR) is 72.8 cm³/mol. The van der Waals surface area contributed by atoms with Gasteiger partial charge in [0.25, 0.3) is 0 Å². The predicted octanol–water partition coefficient (Wildman–Crippen LogP) is 3.60. The van der Waals surface area contributed by atoms with Crippen molar-refractivity contribution in [1.82, 2.24) is 9.97 Å². The summed E-state index contributed by atoms with van der Waals surface area (Å²) in [6.07, 6.45) is -4.40. The third-order valence-corrected chi connectivity index (χ3v) is 3.08. The molecule has 0 bridgehead atoms. The molecule has 0 spiro atoms. The largest absolute Gasteiger partial charge is 0.416 e. The number of halogens is 3. The topological polar surface area (TPSA) is 49.8 Å². The van der Waals surface area contributed by atoms with Gasteiger partial charge in [0.05, 0.1) is 23.3 Å². The van der Waals surface area contributed by atoms with Gasteiger partial charge >= 0.3 is 6.18 Å². The third kappa shape index (κ3) is 3.83. The fraction of sp³-hybridized carbons (Fsp3) is 0.333. The third-order valence-electron chi connectivity index (χ3n) is 2.44. The van der Waals surface area contributed by atoms with Crippen molar-refractivity contribution in [1.29, 1.82) is 0 Å². The molecule has 8 heteroatoms. The highest BCUT2D eigenvalue weighted by Crippen LogP contribution is 2.32. The molecule has 0 saturated carbocycles. The Balaban J connectivity index is 2.20. The lowest BCUT2D eigenvalue weighted by Gasteiger charge is -2.12. The first-order chi connectivity index (χ1) is 9.49. The lowest BCUT2D eigenvalue weighted by molar-refractivity contribution is -0.137. The number of alkyl halides is 3. The SMILES string of the molecule is CCNc1cc(C(F)(F)F)cc(NCc2cscn2)n1. The maximum Gasteiger partial charge on any atom is 0.416 e. The van der Waals surface area contributed by atoms with E-state index >= 15 is 0 Å². The first-order valence-electron chi connectivity index (χ1n) is 5.93. The van der Waals surface area contributed by atoms with Gasteiger partial charge in [-0.25, -0.2) is 9.97 Å². The molecule has 0 saturated heterocycles. The van der Waals surface area contributed by atoms with Crippen molar-refractivity contribution in [2.45, 2.75) is 19.6 Å². The van der Waals surface area contributed by atoms with Gasteiger partial charge in [-0.15, -0.1) is 11.3 Å². The second-order valence-corrected chi connectivity index (χ2v) is 4.71. The molecule has 2 rings (SSSR count). The van der Waals surface area contributed by atoms with Crippen LogP contribution in [0.25, 0.3) is 0 Å². The number of hydrogen-bond acceptors (Lipinski definition) is 5. The summed E-state index contributed by atoms with van der Waals surface area (Å²) in [5, 5.41) is 7.47. The van der Waals surface area contributed by atoms with Gasteiger partial charge in [-0.05, 0) is 19.1 Å². The molecule has 0 aliphatic carbocycles. The summed E-state index contributed by atoms with van der Waals surface area (Å²) in [5.74, 6) is 0.367. The summed E-state index contributed by atoms with van der Waals surface area (Å²) in [5.41, 5.74) is 1.70. The molecule has 2 N–H and O–H groups in total. The molecular formula is C12H13F3N4S. The molecule has 0 atom stereocenters. The van der Waals surface area contributed by atoms with E-state index in [0.29, 0.717) is 13.1 Å². The van der Waals surface area contributed by atoms with Crippen LogP contribution in [0.1, 0.15) is 18.2 Å². The van der Waals surface area contributed by atoms with Gasteiger partial charge in [-0.2, -0.15) is 13.2 Å². The summed E-state index contributed by atoms with van der Waals surface area (Å²) in [6.45, 7) is 2.63. The number of anilines is 2. The normalized spacial score (nSPS) is 11.4. The molecule has 2 aromatic rings. The number of aromatic nitrogens is 2. The molecule has 0 aliphatic rings. The van der Waals surface area contributed by atoms with Gasteiger partial charge in [-0.3, -0.25) is 0 Å². The van der Waals surface area contributed by atoms with Crippen molar-refractivity contribution in [3.63, 3.8) is 0 Å². The van der Waals surface area contributed by atoms with E-state index in [-0.39, 0.29) is 11.6 Å². The average Bonchev–Trinajstić information content (AvgIpc) is 2.88. The number of rotatable bonds is 5. The van der Waals surface area contributed by atoms with Crippen molar-refractivity contribution in [2.75, 3.05) is 17.2 Å². The van der Waals surface area contributed by atoms with Crippen LogP contribution < -0.4 is 10.6 Å². The second kappa shape index (κ2) is 6.08. The molecule has 20 heavy (non-hydrogen) atoms. The van der Waals surface area contributed by atoms with Crippen LogP contribution in [-0.2, 0) is 12.7 Å². The van der Waals surface area contributed by atoms with E-state index in [1.165, 1.54) is 11.3 Å². The fourth-order valence-corrected chi connectivity index (χ4v) is 2.12. The van der Waals surface area contributed by atoms with Crippen molar-refractivity contribution < 1.29 is 13.2 Å². The van der Waals surface area contributed by atoms with E-state index in [4.69, 9.17) is 0 Å². The number of nitrogens with one attached hydrogen (secondary N) is 2. The molecule has 2 heterocycles. The number of nitrogens with zero attached hydrogens (tertiary/aromatic N) is 2. The average molecular weight is 302 g/mol. The van der Waals surface area contributed by atoms with E-state index in [0.717, 1.165) is 17.8 Å². The Morgan fingerprint density at radius 3 is 2.45 bits per heavy atom. The molecule has 0 aromatic carbocycles. The molecular weight excluding hydrogens is 289 g/mol. The fourth-order valence-electron chi connectivity index (χ4n) is 1.56. The molecule has 2 aromatic heterocycles. The number of hydrogen-bond donors (Lipinski definition) is 2. The van der Waals surface area contributed by atoms with Crippen LogP contribution in [0, 0.1) is 0 Å². The number of pyridine rings is 1. The van der Waals surface area contributed by atoms with Gasteiger partial charge in [0.2, 0.25) is 0 Å². The van der Waals surface area contributed by atoms with E-state index < -0.39 is 11.7 Å². The van der Waals surface area contributed by atoms with Gasteiger partial charge in [0.1, 0.15) is 11.6 Å². The van der Waals surface area contributed by atoms with Crippen LogP contribution in [-0.4, -0.2) is 16.5 Å². The Kier molecular flexibility index (Phi) is 4.43. The summed E-state index contributed by atoms with van der Waals surface area (Å²) in [4.78, 5) is 8.14. The Morgan fingerprint density at radius 1 is 1.20 bits per heavy atom. The van der Waals surface area contributed by atoms with Crippen LogP contribution in [0.15, 0.2) is 23.0 Å². The lowest BCUT2D eigenvalue weighted by atomic mass is 10.2. The van der Waals surface area contributed by atoms with Crippen molar-refractivity contribution in [2.24, 2.45) is 0 Å². The molecule has 0 unspecified atom stereocenters. The minimum absolute atomic E-state index is 0.170. The number of thiazole rings is 1. The maximum absolute atomic E-state index is 12.8. The van der Waals surface area contributed by atoms with Crippen molar-refractivity contribution in [3.05, 3.63) is 34.3 Å². The van der Waals surface area contributed by atoms with E-state index in [2.05, 4.69) is 20.6 Å². The molecule has 108 valence electrons. The minimum Gasteiger partial charge on any atom is -0.370 e. The highest BCUT2D eigenvalue weighted by molar-refractivity contribution is 7.07. The van der Waals surface area contributed by atoms with E-state index in [9.17, 15) is 13.2 Å². The van der Waals surface area contributed by atoms with Crippen LogP contribution in [0.2, 0.25) is 0 Å². The van der Waals surface area contributed by atoms with Crippen molar-refractivity contribution in [3.8, 4) is 0 Å². The zero-order valence-electron chi connectivity index (χ0n) is 10.7. The highest BCUT2D eigenvalue weighted by atomic mass is 32.1. The molecule has 0 fully saturated rings. The molecule has 0 radical (unpaired) electrons. The summed E-state index contributed by atoms with van der Waals surface area (Å²) in [6, 6.07) is 1.99. The quantitative estimate of drug-likeness (QED) is 0.886. The summed E-state index contributed by atoms with van der Waals surface area (Å²) in [7, 11) is 0. The first kappa shape index (κ1) is 14.6. The minimum atomic E-state index is -4.40.